The second kappa shape index (κ2) is 4.60. The van der Waals surface area contributed by atoms with Crippen molar-refractivity contribution in [2.45, 2.75) is 26.6 Å². The highest BCUT2D eigenvalue weighted by atomic mass is 79.9. The van der Waals surface area contributed by atoms with E-state index in [1.54, 1.807) is 0 Å². The first-order chi connectivity index (χ1) is 7.22. The number of benzene rings is 1. The maximum atomic E-state index is 13.4. The van der Waals surface area contributed by atoms with Crippen LogP contribution in [-0.2, 0) is 0 Å². The predicted octanol–water partition coefficient (Wildman–Crippen LogP) is 3.71. The Bertz CT molecular complexity index is 454. The highest BCUT2D eigenvalue weighted by molar-refractivity contribution is 9.10. The van der Waals surface area contributed by atoms with Gasteiger partial charge in [0, 0.05) is 4.47 Å². The van der Waals surface area contributed by atoms with Gasteiger partial charge in [0.1, 0.15) is 13.9 Å². The van der Waals surface area contributed by atoms with Crippen molar-refractivity contribution >= 4 is 29.7 Å². The smallest absolute Gasteiger partial charge is 0.148 e. The van der Waals surface area contributed by atoms with Crippen LogP contribution in [0.3, 0.4) is 0 Å². The molecule has 0 spiro atoms. The summed E-state index contributed by atoms with van der Waals surface area (Å²) in [5, 5.41) is 0. The van der Waals surface area contributed by atoms with Crippen molar-refractivity contribution in [1.29, 1.82) is 0 Å². The lowest BCUT2D eigenvalue weighted by Gasteiger charge is -2.08. The van der Waals surface area contributed by atoms with Gasteiger partial charge in [-0.1, -0.05) is 41.5 Å². The molecule has 0 bridgehead atoms. The summed E-state index contributed by atoms with van der Waals surface area (Å²) in [7, 11) is -1.48. The minimum Gasteiger partial charge on any atom is -0.395 e. The van der Waals surface area contributed by atoms with Gasteiger partial charge < -0.3 is 5.73 Å². The Kier molecular flexibility index (Phi) is 3.82. The molecule has 1 aromatic rings. The van der Waals surface area contributed by atoms with E-state index in [9.17, 15) is 4.39 Å². The van der Waals surface area contributed by atoms with E-state index in [-0.39, 0.29) is 5.69 Å². The number of nitrogen functional groups attached to an aromatic ring is 1. The molecule has 0 saturated heterocycles. The van der Waals surface area contributed by atoms with E-state index in [1.807, 2.05) is 6.92 Å². The standard InChI is InChI=1S/C12H15BrFNSi/c1-8-9(5-6-16(2,3)4)12(15)11(14)7-10(8)13/h7H,15H2,1-4H3. The average molecular weight is 300 g/mol. The van der Waals surface area contributed by atoms with Crippen molar-refractivity contribution in [3.05, 3.63) is 27.5 Å². The molecule has 0 unspecified atom stereocenters. The Balaban J connectivity index is 3.38. The zero-order valence-corrected chi connectivity index (χ0v) is 12.5. The van der Waals surface area contributed by atoms with E-state index in [4.69, 9.17) is 5.73 Å². The normalized spacial score (nSPS) is 10.9. The van der Waals surface area contributed by atoms with Crippen LogP contribution in [0.25, 0.3) is 0 Å². The first-order valence-corrected chi connectivity index (χ1v) is 9.29. The van der Waals surface area contributed by atoms with Crippen LogP contribution in [-0.4, -0.2) is 8.07 Å². The van der Waals surface area contributed by atoms with Crippen molar-refractivity contribution in [2.24, 2.45) is 0 Å². The van der Waals surface area contributed by atoms with Crippen LogP contribution in [0, 0.1) is 24.2 Å². The number of rotatable bonds is 0. The minimum atomic E-state index is -1.48. The molecular formula is C12H15BrFNSi. The van der Waals surface area contributed by atoms with Crippen molar-refractivity contribution in [3.8, 4) is 11.5 Å². The van der Waals surface area contributed by atoms with Gasteiger partial charge in [0.15, 0.2) is 0 Å². The lowest BCUT2D eigenvalue weighted by molar-refractivity contribution is 0.631. The quantitative estimate of drug-likeness (QED) is 0.441. The molecule has 0 aliphatic heterocycles. The van der Waals surface area contributed by atoms with Crippen molar-refractivity contribution in [2.75, 3.05) is 5.73 Å². The van der Waals surface area contributed by atoms with Crippen molar-refractivity contribution in [1.82, 2.24) is 0 Å². The van der Waals surface area contributed by atoms with Gasteiger partial charge in [-0.15, -0.1) is 5.54 Å². The van der Waals surface area contributed by atoms with Crippen LogP contribution in [0.15, 0.2) is 10.5 Å². The summed E-state index contributed by atoms with van der Waals surface area (Å²) < 4.78 is 14.1. The molecule has 0 radical (unpaired) electrons. The molecule has 0 heterocycles. The Labute approximate surface area is 105 Å². The molecule has 4 heteroatoms. The molecule has 0 aliphatic carbocycles. The number of hydrogen-bond donors (Lipinski definition) is 1. The summed E-state index contributed by atoms with van der Waals surface area (Å²) in [6.07, 6.45) is 0. The molecule has 86 valence electrons. The van der Waals surface area contributed by atoms with Crippen LogP contribution in [0.1, 0.15) is 11.1 Å². The van der Waals surface area contributed by atoms with Crippen LogP contribution in [0.5, 0.6) is 0 Å². The Morgan fingerprint density at radius 1 is 1.38 bits per heavy atom. The fourth-order valence-corrected chi connectivity index (χ4v) is 2.05. The van der Waals surface area contributed by atoms with E-state index < -0.39 is 13.9 Å². The summed E-state index contributed by atoms with van der Waals surface area (Å²) in [6.45, 7) is 8.30. The third-order valence-electron chi connectivity index (χ3n) is 2.08. The lowest BCUT2D eigenvalue weighted by Crippen LogP contribution is -2.16. The summed E-state index contributed by atoms with van der Waals surface area (Å²) in [6, 6.07) is 1.38. The Hall–Kier alpha value is -0.793. The summed E-state index contributed by atoms with van der Waals surface area (Å²) in [5.74, 6) is 2.60. The van der Waals surface area contributed by atoms with Gasteiger partial charge in [-0.25, -0.2) is 4.39 Å². The summed E-state index contributed by atoms with van der Waals surface area (Å²) in [4.78, 5) is 0. The molecule has 0 fully saturated rings. The maximum Gasteiger partial charge on any atom is 0.148 e. The molecular weight excluding hydrogens is 285 g/mol. The first kappa shape index (κ1) is 13.3. The van der Waals surface area contributed by atoms with E-state index in [0.29, 0.717) is 10.0 Å². The molecule has 0 aromatic heterocycles. The van der Waals surface area contributed by atoms with Gasteiger partial charge >= 0.3 is 0 Å². The van der Waals surface area contributed by atoms with E-state index in [1.165, 1.54) is 6.07 Å². The fraction of sp³-hybridized carbons (Fsp3) is 0.333. The third kappa shape index (κ3) is 3.10. The monoisotopic (exact) mass is 299 g/mol. The van der Waals surface area contributed by atoms with Gasteiger partial charge in [-0.3, -0.25) is 0 Å². The minimum absolute atomic E-state index is 0.145. The second-order valence-corrected chi connectivity index (χ2v) is 10.4. The molecule has 0 saturated carbocycles. The topological polar surface area (TPSA) is 26.0 Å². The highest BCUT2D eigenvalue weighted by Gasteiger charge is 2.12. The average Bonchev–Trinajstić information content (AvgIpc) is 2.13. The number of hydrogen-bond acceptors (Lipinski definition) is 1. The van der Waals surface area contributed by atoms with Crippen molar-refractivity contribution in [3.63, 3.8) is 0 Å². The maximum absolute atomic E-state index is 13.4. The SMILES string of the molecule is Cc1c(Br)cc(F)c(N)c1C#C[Si](C)(C)C. The number of anilines is 1. The Morgan fingerprint density at radius 3 is 2.44 bits per heavy atom. The number of nitrogens with two attached hydrogens (primary N) is 1. The lowest BCUT2D eigenvalue weighted by atomic mass is 10.1. The molecule has 0 aliphatic rings. The van der Waals surface area contributed by atoms with Crippen LogP contribution < -0.4 is 5.73 Å². The van der Waals surface area contributed by atoms with Gasteiger partial charge in [-0.2, -0.15) is 0 Å². The predicted molar refractivity (Wildman–Crippen MR) is 73.5 cm³/mol. The van der Waals surface area contributed by atoms with E-state index >= 15 is 0 Å². The first-order valence-electron chi connectivity index (χ1n) is 4.99. The Morgan fingerprint density at radius 2 is 1.94 bits per heavy atom. The molecule has 1 nitrogen and oxygen atoms in total. The van der Waals surface area contributed by atoms with Gasteiger partial charge in [0.05, 0.1) is 11.3 Å². The second-order valence-electron chi connectivity index (χ2n) is 4.75. The molecule has 2 N–H and O–H groups in total. The molecule has 1 aromatic carbocycles. The van der Waals surface area contributed by atoms with Crippen LogP contribution in [0.2, 0.25) is 19.6 Å². The van der Waals surface area contributed by atoms with Crippen LogP contribution >= 0.6 is 15.9 Å². The molecule has 0 amide bonds. The van der Waals surface area contributed by atoms with E-state index in [2.05, 4.69) is 47.0 Å². The zero-order chi connectivity index (χ0) is 12.5. The number of halogens is 2. The molecule has 1 rings (SSSR count). The van der Waals surface area contributed by atoms with Crippen LogP contribution in [0.4, 0.5) is 10.1 Å². The summed E-state index contributed by atoms with van der Waals surface area (Å²) in [5.41, 5.74) is 10.5. The van der Waals surface area contributed by atoms with Crippen molar-refractivity contribution < 1.29 is 4.39 Å². The summed E-state index contributed by atoms with van der Waals surface area (Å²) >= 11 is 3.30. The highest BCUT2D eigenvalue weighted by Crippen LogP contribution is 2.27. The van der Waals surface area contributed by atoms with Gasteiger partial charge in [0.25, 0.3) is 0 Å². The largest absolute Gasteiger partial charge is 0.395 e. The zero-order valence-electron chi connectivity index (χ0n) is 9.91. The van der Waals surface area contributed by atoms with Gasteiger partial charge in [0.2, 0.25) is 0 Å². The molecule has 0 atom stereocenters. The molecule has 16 heavy (non-hydrogen) atoms. The van der Waals surface area contributed by atoms with Gasteiger partial charge in [-0.05, 0) is 18.6 Å². The third-order valence-corrected chi connectivity index (χ3v) is 3.77. The fourth-order valence-electron chi connectivity index (χ4n) is 1.15. The van der Waals surface area contributed by atoms with E-state index in [0.717, 1.165) is 5.56 Å².